The smallest absolute Gasteiger partial charge is 0.242 e. The first-order valence-electron chi connectivity index (χ1n) is 5.28. The van der Waals surface area contributed by atoms with Crippen LogP contribution in [0.2, 0.25) is 5.02 Å². The van der Waals surface area contributed by atoms with E-state index in [1.165, 1.54) is 0 Å². The number of carbonyl (C=O) groups is 1. The SMILES string of the molecule is C#CCNC(=O)C(C)Nc1ccc(C)c(Cl)c1. The molecule has 0 aliphatic carbocycles. The van der Waals surface area contributed by atoms with Crippen molar-refractivity contribution in [1.29, 1.82) is 0 Å². The first kappa shape index (κ1) is 13.4. The van der Waals surface area contributed by atoms with Gasteiger partial charge in [0.05, 0.1) is 6.54 Å². The van der Waals surface area contributed by atoms with Crippen molar-refractivity contribution in [3.63, 3.8) is 0 Å². The highest BCUT2D eigenvalue weighted by atomic mass is 35.5. The molecule has 1 amide bonds. The highest BCUT2D eigenvalue weighted by Crippen LogP contribution is 2.20. The third kappa shape index (κ3) is 4.01. The Labute approximate surface area is 107 Å². The summed E-state index contributed by atoms with van der Waals surface area (Å²) in [6.45, 7) is 3.92. The van der Waals surface area contributed by atoms with E-state index in [0.717, 1.165) is 11.3 Å². The quantitative estimate of drug-likeness (QED) is 0.805. The van der Waals surface area contributed by atoms with Crippen LogP contribution < -0.4 is 10.6 Å². The molecule has 0 heterocycles. The van der Waals surface area contributed by atoms with Crippen molar-refractivity contribution in [3.05, 3.63) is 28.8 Å². The van der Waals surface area contributed by atoms with Crippen LogP contribution in [0.25, 0.3) is 0 Å². The van der Waals surface area contributed by atoms with E-state index in [-0.39, 0.29) is 18.5 Å². The highest BCUT2D eigenvalue weighted by molar-refractivity contribution is 6.31. The van der Waals surface area contributed by atoms with Gasteiger partial charge in [0.15, 0.2) is 0 Å². The Hall–Kier alpha value is -1.66. The van der Waals surface area contributed by atoms with Crippen molar-refractivity contribution in [2.75, 3.05) is 11.9 Å². The van der Waals surface area contributed by atoms with E-state index in [9.17, 15) is 4.79 Å². The van der Waals surface area contributed by atoms with E-state index < -0.39 is 0 Å². The molecule has 3 nitrogen and oxygen atoms in total. The lowest BCUT2D eigenvalue weighted by atomic mass is 10.2. The van der Waals surface area contributed by atoms with Crippen molar-refractivity contribution in [1.82, 2.24) is 5.32 Å². The molecule has 0 aliphatic rings. The second-order valence-electron chi connectivity index (χ2n) is 3.75. The molecule has 0 saturated heterocycles. The number of terminal acetylenes is 1. The Bertz CT molecular complexity index is 451. The number of carbonyl (C=O) groups excluding carboxylic acids is 1. The second kappa shape index (κ2) is 6.17. The van der Waals surface area contributed by atoms with Crippen molar-refractivity contribution in [2.45, 2.75) is 19.9 Å². The zero-order valence-electron chi connectivity index (χ0n) is 9.88. The number of nitrogens with one attached hydrogen (secondary N) is 2. The fourth-order valence-corrected chi connectivity index (χ4v) is 1.47. The van der Waals surface area contributed by atoms with E-state index >= 15 is 0 Å². The van der Waals surface area contributed by atoms with E-state index in [4.69, 9.17) is 18.0 Å². The van der Waals surface area contributed by atoms with E-state index in [1.54, 1.807) is 13.0 Å². The summed E-state index contributed by atoms with van der Waals surface area (Å²) < 4.78 is 0. The number of aryl methyl sites for hydroxylation is 1. The molecule has 0 aliphatic heterocycles. The summed E-state index contributed by atoms with van der Waals surface area (Å²) in [6, 6.07) is 5.22. The van der Waals surface area contributed by atoms with E-state index in [2.05, 4.69) is 16.6 Å². The van der Waals surface area contributed by atoms with Gasteiger partial charge in [0.25, 0.3) is 0 Å². The van der Waals surface area contributed by atoms with E-state index in [1.807, 2.05) is 19.1 Å². The van der Waals surface area contributed by atoms with Gasteiger partial charge in [-0.25, -0.2) is 0 Å². The van der Waals surface area contributed by atoms with Crippen molar-refractivity contribution < 1.29 is 4.79 Å². The Morgan fingerprint density at radius 3 is 2.88 bits per heavy atom. The lowest BCUT2D eigenvalue weighted by Crippen LogP contribution is -2.37. The number of amides is 1. The molecule has 1 aromatic rings. The Kier molecular flexibility index (Phi) is 4.86. The Morgan fingerprint density at radius 2 is 2.29 bits per heavy atom. The van der Waals surface area contributed by atoms with Gasteiger partial charge in [0.1, 0.15) is 6.04 Å². The molecular weight excluding hydrogens is 236 g/mol. The molecular formula is C13H15ClN2O. The lowest BCUT2D eigenvalue weighted by Gasteiger charge is -2.14. The summed E-state index contributed by atoms with van der Waals surface area (Å²) in [6.07, 6.45) is 5.06. The fourth-order valence-electron chi connectivity index (χ4n) is 1.29. The number of hydrogen-bond acceptors (Lipinski definition) is 2. The predicted octanol–water partition coefficient (Wildman–Crippen LogP) is 2.20. The minimum absolute atomic E-state index is 0.139. The number of anilines is 1. The molecule has 1 rings (SSSR count). The number of halogens is 1. The van der Waals surface area contributed by atoms with Gasteiger partial charge in [-0.2, -0.15) is 0 Å². The van der Waals surface area contributed by atoms with Crippen LogP contribution in [-0.2, 0) is 4.79 Å². The van der Waals surface area contributed by atoms with Crippen LogP contribution in [0.4, 0.5) is 5.69 Å². The Morgan fingerprint density at radius 1 is 1.59 bits per heavy atom. The molecule has 0 radical (unpaired) electrons. The third-order valence-electron chi connectivity index (χ3n) is 2.31. The summed E-state index contributed by atoms with van der Waals surface area (Å²) >= 11 is 5.99. The van der Waals surface area contributed by atoms with Gasteiger partial charge >= 0.3 is 0 Å². The molecule has 1 unspecified atom stereocenters. The van der Waals surface area contributed by atoms with Crippen molar-refractivity contribution in [3.8, 4) is 12.3 Å². The maximum absolute atomic E-state index is 11.6. The van der Waals surface area contributed by atoms with Crippen LogP contribution >= 0.6 is 11.6 Å². The van der Waals surface area contributed by atoms with Crippen LogP contribution in [0, 0.1) is 19.3 Å². The monoisotopic (exact) mass is 250 g/mol. The first-order valence-corrected chi connectivity index (χ1v) is 5.66. The van der Waals surface area contributed by atoms with Crippen LogP contribution in [0.5, 0.6) is 0 Å². The number of benzene rings is 1. The fraction of sp³-hybridized carbons (Fsp3) is 0.308. The van der Waals surface area contributed by atoms with Crippen molar-refractivity contribution in [2.24, 2.45) is 0 Å². The normalized spacial score (nSPS) is 11.4. The molecule has 1 aromatic carbocycles. The van der Waals surface area contributed by atoms with Gasteiger partial charge in [-0.1, -0.05) is 23.6 Å². The molecule has 4 heteroatoms. The number of hydrogen-bond donors (Lipinski definition) is 2. The molecule has 0 fully saturated rings. The largest absolute Gasteiger partial charge is 0.374 e. The summed E-state index contributed by atoms with van der Waals surface area (Å²) in [5.41, 5.74) is 1.81. The van der Waals surface area contributed by atoms with Gasteiger partial charge in [0.2, 0.25) is 5.91 Å². The zero-order valence-corrected chi connectivity index (χ0v) is 10.6. The zero-order chi connectivity index (χ0) is 12.8. The van der Waals surface area contributed by atoms with E-state index in [0.29, 0.717) is 5.02 Å². The van der Waals surface area contributed by atoms with Crippen molar-refractivity contribution >= 4 is 23.2 Å². The van der Waals surface area contributed by atoms with Gasteiger partial charge in [0, 0.05) is 10.7 Å². The summed E-state index contributed by atoms with van der Waals surface area (Å²) in [7, 11) is 0. The van der Waals surface area contributed by atoms with Crippen LogP contribution in [0.15, 0.2) is 18.2 Å². The molecule has 0 bridgehead atoms. The topological polar surface area (TPSA) is 41.1 Å². The summed E-state index contributed by atoms with van der Waals surface area (Å²) in [5, 5.41) is 6.33. The molecule has 2 N–H and O–H groups in total. The Balaban J connectivity index is 2.62. The molecule has 0 aromatic heterocycles. The summed E-state index contributed by atoms with van der Waals surface area (Å²) in [5.74, 6) is 2.21. The standard InChI is InChI=1S/C13H15ClN2O/c1-4-7-15-13(17)10(3)16-11-6-5-9(2)12(14)8-11/h1,5-6,8,10,16H,7H2,2-3H3,(H,15,17). The average molecular weight is 251 g/mol. The van der Waals surface area contributed by atoms with Gasteiger partial charge in [-0.05, 0) is 31.5 Å². The van der Waals surface area contributed by atoms with Crippen LogP contribution in [0.1, 0.15) is 12.5 Å². The molecule has 0 spiro atoms. The highest BCUT2D eigenvalue weighted by Gasteiger charge is 2.11. The number of rotatable bonds is 4. The van der Waals surface area contributed by atoms with Crippen LogP contribution in [-0.4, -0.2) is 18.5 Å². The molecule has 0 saturated carbocycles. The minimum Gasteiger partial charge on any atom is -0.374 e. The lowest BCUT2D eigenvalue weighted by molar-refractivity contribution is -0.121. The van der Waals surface area contributed by atoms with Gasteiger partial charge < -0.3 is 10.6 Å². The molecule has 1 atom stereocenters. The second-order valence-corrected chi connectivity index (χ2v) is 4.16. The minimum atomic E-state index is -0.359. The third-order valence-corrected chi connectivity index (χ3v) is 2.72. The van der Waals surface area contributed by atoms with Crippen LogP contribution in [0.3, 0.4) is 0 Å². The van der Waals surface area contributed by atoms with Gasteiger partial charge in [-0.3, -0.25) is 4.79 Å². The predicted molar refractivity (Wildman–Crippen MR) is 71.1 cm³/mol. The van der Waals surface area contributed by atoms with Gasteiger partial charge in [-0.15, -0.1) is 6.42 Å². The maximum Gasteiger partial charge on any atom is 0.242 e. The average Bonchev–Trinajstić information content (AvgIpc) is 2.30. The maximum atomic E-state index is 11.6. The molecule has 90 valence electrons. The molecule has 17 heavy (non-hydrogen) atoms. The first-order chi connectivity index (χ1) is 8.04. The summed E-state index contributed by atoms with van der Waals surface area (Å²) in [4.78, 5) is 11.6.